The molecule has 0 aromatic rings. The van der Waals surface area contributed by atoms with Gasteiger partial charge in [-0.3, -0.25) is 4.79 Å². The van der Waals surface area contributed by atoms with E-state index in [0.29, 0.717) is 18.9 Å². The lowest BCUT2D eigenvalue weighted by molar-refractivity contribution is -0.178. The van der Waals surface area contributed by atoms with Gasteiger partial charge in [0, 0.05) is 14.2 Å². The topological polar surface area (TPSA) is 44.8 Å². The van der Waals surface area contributed by atoms with Crippen LogP contribution in [0.5, 0.6) is 0 Å². The molecule has 0 aromatic heterocycles. The molecular formula is C11H22O4. The third kappa shape index (κ3) is 5.14. The molecule has 0 saturated heterocycles. The van der Waals surface area contributed by atoms with Gasteiger partial charge in [0.15, 0.2) is 6.29 Å². The molecule has 0 rings (SSSR count). The zero-order valence-electron chi connectivity index (χ0n) is 10.3. The van der Waals surface area contributed by atoms with Crippen molar-refractivity contribution in [3.8, 4) is 0 Å². The van der Waals surface area contributed by atoms with Crippen LogP contribution in [0.15, 0.2) is 0 Å². The standard InChI is InChI=1S/C11H22O4/c1-6-15-10(12)9(7-8(2)3)11(13-4)14-5/h8-9,11H,6-7H2,1-5H3. The summed E-state index contributed by atoms with van der Waals surface area (Å²) in [6.45, 7) is 6.27. The molecule has 0 aliphatic carbocycles. The van der Waals surface area contributed by atoms with E-state index in [9.17, 15) is 4.79 Å². The summed E-state index contributed by atoms with van der Waals surface area (Å²) >= 11 is 0. The van der Waals surface area contributed by atoms with Crippen molar-refractivity contribution in [3.05, 3.63) is 0 Å². The zero-order valence-corrected chi connectivity index (χ0v) is 10.3. The molecular weight excluding hydrogens is 196 g/mol. The van der Waals surface area contributed by atoms with Crippen LogP contribution in [0.1, 0.15) is 27.2 Å². The molecule has 1 unspecified atom stereocenters. The molecule has 1 atom stereocenters. The molecule has 0 fully saturated rings. The zero-order chi connectivity index (χ0) is 11.8. The Bertz CT molecular complexity index is 175. The van der Waals surface area contributed by atoms with Crippen molar-refractivity contribution in [2.45, 2.75) is 33.5 Å². The monoisotopic (exact) mass is 218 g/mol. The highest BCUT2D eigenvalue weighted by Gasteiger charge is 2.30. The van der Waals surface area contributed by atoms with Crippen LogP contribution in [0.2, 0.25) is 0 Å². The molecule has 0 saturated carbocycles. The molecule has 0 radical (unpaired) electrons. The Labute approximate surface area is 91.9 Å². The Morgan fingerprint density at radius 1 is 1.20 bits per heavy atom. The van der Waals surface area contributed by atoms with E-state index in [4.69, 9.17) is 14.2 Å². The van der Waals surface area contributed by atoms with Gasteiger partial charge in [0.05, 0.1) is 6.61 Å². The second kappa shape index (κ2) is 7.65. The quantitative estimate of drug-likeness (QED) is 0.483. The van der Waals surface area contributed by atoms with Gasteiger partial charge in [-0.15, -0.1) is 0 Å². The number of hydrogen-bond acceptors (Lipinski definition) is 4. The fourth-order valence-corrected chi connectivity index (χ4v) is 1.50. The minimum absolute atomic E-state index is 0.250. The molecule has 0 N–H and O–H groups in total. The number of esters is 1. The first-order valence-corrected chi connectivity index (χ1v) is 5.29. The minimum atomic E-state index is -0.522. The Kier molecular flexibility index (Phi) is 7.34. The van der Waals surface area contributed by atoms with Crippen LogP contribution >= 0.6 is 0 Å². The Hall–Kier alpha value is -0.610. The molecule has 90 valence electrons. The molecule has 4 heteroatoms. The van der Waals surface area contributed by atoms with Gasteiger partial charge in [-0.2, -0.15) is 0 Å². The highest BCUT2D eigenvalue weighted by atomic mass is 16.7. The summed E-state index contributed by atoms with van der Waals surface area (Å²) in [7, 11) is 3.06. The van der Waals surface area contributed by atoms with Crippen LogP contribution in [0.3, 0.4) is 0 Å². The van der Waals surface area contributed by atoms with E-state index >= 15 is 0 Å². The maximum absolute atomic E-state index is 11.7. The van der Waals surface area contributed by atoms with E-state index in [1.54, 1.807) is 6.92 Å². The number of carbonyl (C=O) groups is 1. The van der Waals surface area contributed by atoms with E-state index in [2.05, 4.69) is 13.8 Å². The highest BCUT2D eigenvalue weighted by Crippen LogP contribution is 2.19. The van der Waals surface area contributed by atoms with Crippen molar-refractivity contribution in [3.63, 3.8) is 0 Å². The first-order valence-electron chi connectivity index (χ1n) is 5.29. The molecule has 0 aliphatic rings. The maximum Gasteiger partial charge on any atom is 0.314 e. The molecule has 0 heterocycles. The molecule has 4 nitrogen and oxygen atoms in total. The van der Waals surface area contributed by atoms with Gasteiger partial charge in [-0.1, -0.05) is 13.8 Å². The van der Waals surface area contributed by atoms with Gasteiger partial charge < -0.3 is 14.2 Å². The Morgan fingerprint density at radius 2 is 1.73 bits per heavy atom. The smallest absolute Gasteiger partial charge is 0.314 e. The second-order valence-electron chi connectivity index (χ2n) is 3.83. The molecule has 0 bridgehead atoms. The second-order valence-corrected chi connectivity index (χ2v) is 3.83. The van der Waals surface area contributed by atoms with Crippen LogP contribution in [0, 0.1) is 11.8 Å². The lowest BCUT2D eigenvalue weighted by atomic mass is 9.96. The van der Waals surface area contributed by atoms with Crippen LogP contribution in [0.4, 0.5) is 0 Å². The van der Waals surface area contributed by atoms with Gasteiger partial charge in [-0.25, -0.2) is 0 Å². The molecule has 0 amide bonds. The third-order valence-electron chi connectivity index (χ3n) is 2.11. The van der Waals surface area contributed by atoms with E-state index in [1.165, 1.54) is 14.2 Å². The van der Waals surface area contributed by atoms with Gasteiger partial charge in [0.2, 0.25) is 0 Å². The van der Waals surface area contributed by atoms with E-state index in [0.717, 1.165) is 0 Å². The van der Waals surface area contributed by atoms with Crippen LogP contribution in [-0.4, -0.2) is 33.1 Å². The average molecular weight is 218 g/mol. The number of rotatable bonds is 7. The SMILES string of the molecule is CCOC(=O)C(CC(C)C)C(OC)OC. The van der Waals surface area contributed by atoms with Crippen molar-refractivity contribution in [1.82, 2.24) is 0 Å². The molecule has 0 aliphatic heterocycles. The number of hydrogen-bond donors (Lipinski definition) is 0. The summed E-state index contributed by atoms with van der Waals surface area (Å²) in [4.78, 5) is 11.7. The first-order chi connectivity index (χ1) is 7.06. The Balaban J connectivity index is 4.47. The maximum atomic E-state index is 11.7. The van der Waals surface area contributed by atoms with E-state index in [1.807, 2.05) is 0 Å². The average Bonchev–Trinajstić information content (AvgIpc) is 2.18. The first kappa shape index (κ1) is 14.4. The number of carbonyl (C=O) groups excluding carboxylic acids is 1. The fourth-order valence-electron chi connectivity index (χ4n) is 1.50. The van der Waals surface area contributed by atoms with Crippen LogP contribution < -0.4 is 0 Å². The lowest BCUT2D eigenvalue weighted by Gasteiger charge is -2.24. The van der Waals surface area contributed by atoms with Crippen molar-refractivity contribution in [2.24, 2.45) is 11.8 Å². The van der Waals surface area contributed by atoms with E-state index in [-0.39, 0.29) is 11.9 Å². The van der Waals surface area contributed by atoms with Crippen molar-refractivity contribution >= 4 is 5.97 Å². The normalized spacial score (nSPS) is 13.3. The lowest BCUT2D eigenvalue weighted by Crippen LogP contribution is -2.34. The summed E-state index contributed by atoms with van der Waals surface area (Å²) in [5.41, 5.74) is 0. The minimum Gasteiger partial charge on any atom is -0.466 e. The molecule has 0 spiro atoms. The van der Waals surface area contributed by atoms with Gasteiger partial charge in [0.1, 0.15) is 5.92 Å². The van der Waals surface area contributed by atoms with Gasteiger partial charge >= 0.3 is 5.97 Å². The fraction of sp³-hybridized carbons (Fsp3) is 0.909. The van der Waals surface area contributed by atoms with Crippen molar-refractivity contribution < 1.29 is 19.0 Å². The predicted molar refractivity (Wildman–Crippen MR) is 57.4 cm³/mol. The summed E-state index contributed by atoms with van der Waals surface area (Å²) in [5.74, 6) is -0.202. The third-order valence-corrected chi connectivity index (χ3v) is 2.11. The number of methoxy groups -OCH3 is 2. The largest absolute Gasteiger partial charge is 0.466 e. The summed E-state index contributed by atoms with van der Waals surface area (Å²) in [6.07, 6.45) is 0.178. The molecule has 0 aromatic carbocycles. The van der Waals surface area contributed by atoms with Crippen LogP contribution in [0.25, 0.3) is 0 Å². The summed E-state index contributed by atoms with van der Waals surface area (Å²) in [6, 6.07) is 0. The highest BCUT2D eigenvalue weighted by molar-refractivity contribution is 5.72. The molecule has 15 heavy (non-hydrogen) atoms. The van der Waals surface area contributed by atoms with E-state index < -0.39 is 6.29 Å². The van der Waals surface area contributed by atoms with Crippen molar-refractivity contribution in [2.75, 3.05) is 20.8 Å². The van der Waals surface area contributed by atoms with Gasteiger partial charge in [-0.05, 0) is 19.3 Å². The Morgan fingerprint density at radius 3 is 2.07 bits per heavy atom. The van der Waals surface area contributed by atoms with Crippen LogP contribution in [-0.2, 0) is 19.0 Å². The summed E-state index contributed by atoms with van der Waals surface area (Å²) < 4.78 is 15.2. The van der Waals surface area contributed by atoms with Gasteiger partial charge in [0.25, 0.3) is 0 Å². The van der Waals surface area contributed by atoms with Crippen molar-refractivity contribution in [1.29, 1.82) is 0 Å². The predicted octanol–water partition coefficient (Wildman–Crippen LogP) is 1.83. The number of ether oxygens (including phenoxy) is 3. The summed E-state index contributed by atoms with van der Waals surface area (Å²) in [5, 5.41) is 0.